The van der Waals surface area contributed by atoms with Gasteiger partial charge in [0, 0.05) is 10.9 Å². The molecule has 0 bridgehead atoms. The van der Waals surface area contributed by atoms with Crippen LogP contribution >= 0.6 is 34.4 Å². The number of rotatable bonds is 6. The van der Waals surface area contributed by atoms with E-state index in [1.165, 1.54) is 16.6 Å². The molecule has 0 radical (unpaired) electrons. The fraction of sp³-hybridized carbons (Fsp3) is 0.400. The van der Waals surface area contributed by atoms with Gasteiger partial charge in [0.1, 0.15) is 11.1 Å². The van der Waals surface area contributed by atoms with Crippen LogP contribution < -0.4 is 5.32 Å². The number of carbonyl (C=O) groups is 1. The lowest BCUT2D eigenvalue weighted by Crippen LogP contribution is -2.15. The maximum Gasteiger partial charge on any atom is 0.235 e. The van der Waals surface area contributed by atoms with Gasteiger partial charge in [-0.2, -0.15) is 5.26 Å². The van der Waals surface area contributed by atoms with Crippen molar-refractivity contribution in [1.82, 2.24) is 14.8 Å². The second-order valence-electron chi connectivity index (χ2n) is 7.11. The van der Waals surface area contributed by atoms with E-state index in [0.29, 0.717) is 10.6 Å². The number of thiophene rings is 2. The van der Waals surface area contributed by atoms with Gasteiger partial charge in [-0.25, -0.2) is 0 Å². The average molecular weight is 444 g/mol. The number of thioether (sulfide) groups is 1. The lowest BCUT2D eigenvalue weighted by molar-refractivity contribution is -0.113. The summed E-state index contributed by atoms with van der Waals surface area (Å²) in [4.78, 5) is 14.9. The fourth-order valence-electron chi connectivity index (χ4n) is 3.48. The number of nitrogens with one attached hydrogen (secondary N) is 1. The van der Waals surface area contributed by atoms with Crippen LogP contribution in [0.2, 0.25) is 0 Å². The molecule has 0 aromatic carbocycles. The monoisotopic (exact) mass is 443 g/mol. The zero-order valence-electron chi connectivity index (χ0n) is 16.3. The van der Waals surface area contributed by atoms with Crippen molar-refractivity contribution in [3.8, 4) is 16.8 Å². The number of amides is 1. The molecule has 1 aliphatic rings. The van der Waals surface area contributed by atoms with Gasteiger partial charge in [0.25, 0.3) is 0 Å². The average Bonchev–Trinajstić information content (AvgIpc) is 3.43. The first-order valence-corrected chi connectivity index (χ1v) is 12.2. The van der Waals surface area contributed by atoms with Gasteiger partial charge in [-0.3, -0.25) is 9.36 Å². The highest BCUT2D eigenvalue weighted by Crippen LogP contribution is 2.38. The van der Waals surface area contributed by atoms with Crippen molar-refractivity contribution in [2.75, 3.05) is 11.1 Å². The predicted octanol–water partition coefficient (Wildman–Crippen LogP) is 5.13. The van der Waals surface area contributed by atoms with Crippen molar-refractivity contribution in [2.24, 2.45) is 0 Å². The van der Waals surface area contributed by atoms with E-state index in [0.717, 1.165) is 47.1 Å². The normalized spacial score (nSPS) is 13.3. The smallest absolute Gasteiger partial charge is 0.235 e. The Kier molecular flexibility index (Phi) is 6.04. The topological polar surface area (TPSA) is 83.6 Å². The first-order valence-electron chi connectivity index (χ1n) is 9.54. The van der Waals surface area contributed by atoms with Crippen molar-refractivity contribution in [3.05, 3.63) is 33.5 Å². The van der Waals surface area contributed by atoms with Crippen LogP contribution in [0.5, 0.6) is 0 Å². The molecule has 3 aromatic heterocycles. The summed E-state index contributed by atoms with van der Waals surface area (Å²) in [5.41, 5.74) is 1.78. The minimum Gasteiger partial charge on any atom is -0.316 e. The van der Waals surface area contributed by atoms with Crippen molar-refractivity contribution < 1.29 is 4.79 Å². The summed E-state index contributed by atoms with van der Waals surface area (Å²) in [7, 11) is 0. The van der Waals surface area contributed by atoms with E-state index in [-0.39, 0.29) is 17.7 Å². The molecule has 150 valence electrons. The Hall–Kier alpha value is -2.15. The summed E-state index contributed by atoms with van der Waals surface area (Å²) in [5, 5.41) is 24.6. The molecule has 1 amide bonds. The van der Waals surface area contributed by atoms with Gasteiger partial charge < -0.3 is 5.32 Å². The molecule has 0 saturated heterocycles. The Labute approximate surface area is 182 Å². The molecule has 1 aliphatic carbocycles. The molecular formula is C20H21N5OS3. The van der Waals surface area contributed by atoms with Gasteiger partial charge in [-0.1, -0.05) is 17.8 Å². The van der Waals surface area contributed by atoms with Crippen molar-refractivity contribution in [3.63, 3.8) is 0 Å². The number of aromatic nitrogens is 3. The summed E-state index contributed by atoms with van der Waals surface area (Å²) in [6.07, 6.45) is 4.20. The maximum atomic E-state index is 12.6. The van der Waals surface area contributed by atoms with E-state index < -0.39 is 0 Å². The van der Waals surface area contributed by atoms with Crippen LogP contribution in [0.1, 0.15) is 48.7 Å². The molecule has 0 aliphatic heterocycles. The number of nitriles is 1. The summed E-state index contributed by atoms with van der Waals surface area (Å²) in [5.74, 6) is 0.930. The minimum absolute atomic E-state index is 0.124. The highest BCUT2D eigenvalue weighted by molar-refractivity contribution is 7.99. The van der Waals surface area contributed by atoms with Gasteiger partial charge in [-0.05, 0) is 56.5 Å². The summed E-state index contributed by atoms with van der Waals surface area (Å²) in [6, 6.07) is 6.49. The maximum absolute atomic E-state index is 12.6. The molecular weight excluding hydrogens is 422 g/mol. The zero-order valence-corrected chi connectivity index (χ0v) is 18.7. The number of hydrogen-bond acceptors (Lipinski definition) is 7. The quantitative estimate of drug-likeness (QED) is 0.534. The largest absolute Gasteiger partial charge is 0.316 e. The Morgan fingerprint density at radius 3 is 2.93 bits per heavy atom. The predicted molar refractivity (Wildman–Crippen MR) is 119 cm³/mol. The Morgan fingerprint density at radius 1 is 1.38 bits per heavy atom. The number of fused-ring (bicyclic) bond motifs is 1. The van der Waals surface area contributed by atoms with Crippen molar-refractivity contribution in [1.29, 1.82) is 5.26 Å². The fourth-order valence-corrected chi connectivity index (χ4v) is 6.31. The molecule has 0 unspecified atom stereocenters. The van der Waals surface area contributed by atoms with Gasteiger partial charge >= 0.3 is 0 Å². The SMILES string of the molecule is CC(C)n1c(SCC(=O)Nc2sc3c(c2C#N)CCCC3)nnc1-c1cccs1. The van der Waals surface area contributed by atoms with E-state index in [9.17, 15) is 10.1 Å². The third kappa shape index (κ3) is 4.10. The molecule has 6 nitrogen and oxygen atoms in total. The molecule has 0 atom stereocenters. The number of nitrogens with zero attached hydrogens (tertiary/aromatic N) is 4. The van der Waals surface area contributed by atoms with Crippen LogP contribution in [0.15, 0.2) is 22.7 Å². The van der Waals surface area contributed by atoms with E-state index >= 15 is 0 Å². The summed E-state index contributed by atoms with van der Waals surface area (Å²) < 4.78 is 2.06. The number of carbonyl (C=O) groups excluding carboxylic acids is 1. The zero-order chi connectivity index (χ0) is 20.4. The molecule has 3 heterocycles. The number of aryl methyl sites for hydroxylation is 1. The van der Waals surface area contributed by atoms with Gasteiger partial charge in [0.05, 0.1) is 16.2 Å². The lowest BCUT2D eigenvalue weighted by atomic mass is 9.96. The van der Waals surface area contributed by atoms with Crippen molar-refractivity contribution in [2.45, 2.75) is 50.7 Å². The van der Waals surface area contributed by atoms with Crippen LogP contribution in [0.4, 0.5) is 5.00 Å². The van der Waals surface area contributed by atoms with Crippen molar-refractivity contribution >= 4 is 45.3 Å². The first-order chi connectivity index (χ1) is 14.1. The van der Waals surface area contributed by atoms with Crippen LogP contribution in [-0.4, -0.2) is 26.4 Å². The molecule has 0 spiro atoms. The van der Waals surface area contributed by atoms with Crippen LogP contribution in [0.3, 0.4) is 0 Å². The van der Waals surface area contributed by atoms with Crippen LogP contribution in [-0.2, 0) is 17.6 Å². The molecule has 0 fully saturated rings. The van der Waals surface area contributed by atoms with E-state index in [1.807, 2.05) is 17.5 Å². The standard InChI is InChI=1S/C20H21N5OS3/c1-12(2)25-18(16-8-5-9-27-16)23-24-20(25)28-11-17(26)22-19-14(10-21)13-6-3-4-7-15(13)29-19/h5,8-9,12H,3-4,6-7,11H2,1-2H3,(H,22,26). The lowest BCUT2D eigenvalue weighted by Gasteiger charge is -2.12. The third-order valence-electron chi connectivity index (χ3n) is 4.79. The summed E-state index contributed by atoms with van der Waals surface area (Å²) in [6.45, 7) is 4.17. The van der Waals surface area contributed by atoms with E-state index in [4.69, 9.17) is 0 Å². The molecule has 0 saturated carbocycles. The summed E-state index contributed by atoms with van der Waals surface area (Å²) >= 11 is 4.55. The van der Waals surface area contributed by atoms with Gasteiger partial charge in [0.15, 0.2) is 11.0 Å². The van der Waals surface area contributed by atoms with E-state index in [1.54, 1.807) is 22.7 Å². The Bertz CT molecular complexity index is 1060. The number of anilines is 1. The van der Waals surface area contributed by atoms with Gasteiger partial charge in [-0.15, -0.1) is 32.9 Å². The minimum atomic E-state index is -0.124. The van der Waals surface area contributed by atoms with Crippen LogP contribution in [0, 0.1) is 11.3 Å². The molecule has 4 rings (SSSR count). The van der Waals surface area contributed by atoms with Gasteiger partial charge in [0.2, 0.25) is 5.91 Å². The molecule has 1 N–H and O–H groups in total. The molecule has 9 heteroatoms. The van der Waals surface area contributed by atoms with Crippen LogP contribution in [0.25, 0.3) is 10.7 Å². The van der Waals surface area contributed by atoms with E-state index in [2.05, 4.69) is 40.0 Å². The number of hydrogen-bond donors (Lipinski definition) is 1. The first kappa shape index (κ1) is 20.1. The molecule has 29 heavy (non-hydrogen) atoms. The highest BCUT2D eigenvalue weighted by atomic mass is 32.2. The second-order valence-corrected chi connectivity index (χ2v) is 10.1. The molecule has 3 aromatic rings. The Morgan fingerprint density at radius 2 is 2.21 bits per heavy atom. The third-order valence-corrected chi connectivity index (χ3v) is 7.81. The highest BCUT2D eigenvalue weighted by Gasteiger charge is 2.23. The second kappa shape index (κ2) is 8.69. The Balaban J connectivity index is 1.47.